The molecular formula is C17H24N4. The lowest BCUT2D eigenvalue weighted by Crippen LogP contribution is -2.17. The zero-order chi connectivity index (χ0) is 14.7. The summed E-state index contributed by atoms with van der Waals surface area (Å²) in [6.07, 6.45) is 13.1. The maximum absolute atomic E-state index is 6.33. The van der Waals surface area contributed by atoms with Crippen LogP contribution in [0.1, 0.15) is 61.0 Å². The number of nitrogens with zero attached hydrogens (tertiary/aromatic N) is 3. The molecule has 2 aromatic heterocycles. The van der Waals surface area contributed by atoms with E-state index in [1.165, 1.54) is 37.7 Å². The Kier molecular flexibility index (Phi) is 4.34. The molecule has 0 bridgehead atoms. The van der Waals surface area contributed by atoms with Crippen molar-refractivity contribution in [3.05, 3.63) is 47.5 Å². The van der Waals surface area contributed by atoms with Crippen LogP contribution in [-0.4, -0.2) is 14.8 Å². The average molecular weight is 284 g/mol. The zero-order valence-electron chi connectivity index (χ0n) is 12.7. The van der Waals surface area contributed by atoms with E-state index < -0.39 is 0 Å². The van der Waals surface area contributed by atoms with Crippen LogP contribution in [0.3, 0.4) is 0 Å². The second-order valence-electron chi connectivity index (χ2n) is 6.12. The summed E-state index contributed by atoms with van der Waals surface area (Å²) in [4.78, 5) is 4.18. The SMILES string of the molecule is Cc1ccncc1C(N)Cc1ccn(C2CCCCC2)n1. The monoisotopic (exact) mass is 284 g/mol. The van der Waals surface area contributed by atoms with Crippen LogP contribution in [0.25, 0.3) is 0 Å². The number of pyridine rings is 1. The first-order chi connectivity index (χ1) is 10.2. The van der Waals surface area contributed by atoms with Crippen molar-refractivity contribution >= 4 is 0 Å². The fraction of sp³-hybridized carbons (Fsp3) is 0.529. The molecule has 21 heavy (non-hydrogen) atoms. The molecule has 1 saturated carbocycles. The van der Waals surface area contributed by atoms with E-state index in [2.05, 4.69) is 28.9 Å². The van der Waals surface area contributed by atoms with Crippen LogP contribution in [-0.2, 0) is 6.42 Å². The van der Waals surface area contributed by atoms with Gasteiger partial charge in [0.1, 0.15) is 0 Å². The summed E-state index contributed by atoms with van der Waals surface area (Å²) in [6, 6.07) is 4.67. The average Bonchev–Trinajstić information content (AvgIpc) is 2.97. The van der Waals surface area contributed by atoms with Crippen molar-refractivity contribution < 1.29 is 0 Å². The summed E-state index contributed by atoms with van der Waals surface area (Å²) in [5.41, 5.74) is 9.72. The number of nitrogens with two attached hydrogens (primary N) is 1. The van der Waals surface area contributed by atoms with Gasteiger partial charge < -0.3 is 5.73 Å². The third-order valence-corrected chi connectivity index (χ3v) is 4.52. The quantitative estimate of drug-likeness (QED) is 0.937. The Morgan fingerprint density at radius 1 is 1.29 bits per heavy atom. The standard InChI is InChI=1S/C17H24N4/c1-13-7-9-19-12-16(13)17(18)11-14-8-10-21(20-14)15-5-3-2-4-6-15/h7-10,12,15,17H,2-6,11,18H2,1H3. The molecule has 112 valence electrons. The third kappa shape index (κ3) is 3.32. The van der Waals surface area contributed by atoms with Crippen molar-refractivity contribution in [2.75, 3.05) is 0 Å². The summed E-state index contributed by atoms with van der Waals surface area (Å²) in [7, 11) is 0. The normalized spacial score (nSPS) is 17.8. The van der Waals surface area contributed by atoms with E-state index in [1.54, 1.807) is 0 Å². The first-order valence-electron chi connectivity index (χ1n) is 7.94. The van der Waals surface area contributed by atoms with Crippen LogP contribution in [0, 0.1) is 6.92 Å². The van der Waals surface area contributed by atoms with Gasteiger partial charge in [-0.05, 0) is 43.0 Å². The maximum Gasteiger partial charge on any atom is 0.0643 e. The summed E-state index contributed by atoms with van der Waals surface area (Å²) in [5.74, 6) is 0. The second kappa shape index (κ2) is 6.39. The highest BCUT2D eigenvalue weighted by atomic mass is 15.3. The number of aryl methyl sites for hydroxylation is 1. The molecule has 1 aliphatic rings. The molecule has 1 atom stereocenters. The lowest BCUT2D eigenvalue weighted by molar-refractivity contribution is 0.328. The minimum Gasteiger partial charge on any atom is -0.324 e. The van der Waals surface area contributed by atoms with Gasteiger partial charge in [-0.1, -0.05) is 19.3 Å². The van der Waals surface area contributed by atoms with Gasteiger partial charge in [0.15, 0.2) is 0 Å². The minimum absolute atomic E-state index is 0.0339. The van der Waals surface area contributed by atoms with Crippen LogP contribution >= 0.6 is 0 Å². The van der Waals surface area contributed by atoms with Crippen LogP contribution < -0.4 is 5.73 Å². The maximum atomic E-state index is 6.33. The van der Waals surface area contributed by atoms with Crippen molar-refractivity contribution in [2.24, 2.45) is 5.73 Å². The molecule has 0 saturated heterocycles. The Balaban J connectivity index is 1.68. The molecule has 3 rings (SSSR count). The topological polar surface area (TPSA) is 56.7 Å². The van der Waals surface area contributed by atoms with Gasteiger partial charge in [-0.15, -0.1) is 0 Å². The van der Waals surface area contributed by atoms with Crippen LogP contribution in [0.2, 0.25) is 0 Å². The number of hydrogen-bond acceptors (Lipinski definition) is 3. The first-order valence-corrected chi connectivity index (χ1v) is 7.94. The van der Waals surface area contributed by atoms with Gasteiger partial charge in [-0.25, -0.2) is 0 Å². The van der Waals surface area contributed by atoms with Gasteiger partial charge in [0, 0.05) is 31.1 Å². The highest BCUT2D eigenvalue weighted by Crippen LogP contribution is 2.27. The van der Waals surface area contributed by atoms with E-state index in [4.69, 9.17) is 10.8 Å². The van der Waals surface area contributed by atoms with Gasteiger partial charge in [-0.2, -0.15) is 5.10 Å². The van der Waals surface area contributed by atoms with E-state index in [1.807, 2.05) is 18.5 Å². The van der Waals surface area contributed by atoms with Crippen molar-refractivity contribution in [1.29, 1.82) is 0 Å². The predicted molar refractivity (Wildman–Crippen MR) is 84.0 cm³/mol. The Bertz CT molecular complexity index is 584. The summed E-state index contributed by atoms with van der Waals surface area (Å²) in [5, 5.41) is 4.75. The number of aromatic nitrogens is 3. The summed E-state index contributed by atoms with van der Waals surface area (Å²) in [6.45, 7) is 2.08. The van der Waals surface area contributed by atoms with Gasteiger partial charge in [0.25, 0.3) is 0 Å². The number of rotatable bonds is 4. The molecule has 0 amide bonds. The third-order valence-electron chi connectivity index (χ3n) is 4.52. The molecule has 0 aliphatic heterocycles. The van der Waals surface area contributed by atoms with Crippen molar-refractivity contribution in [2.45, 2.75) is 57.5 Å². The smallest absolute Gasteiger partial charge is 0.0643 e. The molecule has 2 aromatic rings. The van der Waals surface area contributed by atoms with E-state index in [0.29, 0.717) is 6.04 Å². The Hall–Kier alpha value is -1.68. The molecule has 1 unspecified atom stereocenters. The van der Waals surface area contributed by atoms with Gasteiger partial charge in [0.2, 0.25) is 0 Å². The fourth-order valence-corrected chi connectivity index (χ4v) is 3.23. The van der Waals surface area contributed by atoms with E-state index in [0.717, 1.165) is 17.7 Å². The summed E-state index contributed by atoms with van der Waals surface area (Å²) < 4.78 is 2.15. The molecule has 1 aliphatic carbocycles. The van der Waals surface area contributed by atoms with Crippen LogP contribution in [0.4, 0.5) is 0 Å². The molecule has 2 heterocycles. The van der Waals surface area contributed by atoms with Gasteiger partial charge in [0.05, 0.1) is 11.7 Å². The van der Waals surface area contributed by atoms with E-state index >= 15 is 0 Å². The zero-order valence-corrected chi connectivity index (χ0v) is 12.7. The molecule has 1 fully saturated rings. The molecule has 0 aromatic carbocycles. The Morgan fingerprint density at radius 2 is 2.10 bits per heavy atom. The van der Waals surface area contributed by atoms with Crippen LogP contribution in [0.5, 0.6) is 0 Å². The molecule has 0 radical (unpaired) electrons. The van der Waals surface area contributed by atoms with Crippen LogP contribution in [0.15, 0.2) is 30.7 Å². The minimum atomic E-state index is -0.0339. The molecule has 4 nitrogen and oxygen atoms in total. The highest BCUT2D eigenvalue weighted by Gasteiger charge is 2.17. The Morgan fingerprint density at radius 3 is 2.86 bits per heavy atom. The number of hydrogen-bond donors (Lipinski definition) is 1. The predicted octanol–water partition coefficient (Wildman–Crippen LogP) is 3.33. The molecule has 0 spiro atoms. The lowest BCUT2D eigenvalue weighted by atomic mass is 9.96. The van der Waals surface area contributed by atoms with E-state index in [9.17, 15) is 0 Å². The molecule has 4 heteroatoms. The largest absolute Gasteiger partial charge is 0.324 e. The second-order valence-corrected chi connectivity index (χ2v) is 6.12. The van der Waals surface area contributed by atoms with Gasteiger partial charge in [-0.3, -0.25) is 9.67 Å². The molecular weight excluding hydrogens is 260 g/mol. The Labute approximate surface area is 126 Å². The van der Waals surface area contributed by atoms with Crippen molar-refractivity contribution in [3.8, 4) is 0 Å². The fourth-order valence-electron chi connectivity index (χ4n) is 3.23. The van der Waals surface area contributed by atoms with E-state index in [-0.39, 0.29) is 6.04 Å². The van der Waals surface area contributed by atoms with Gasteiger partial charge >= 0.3 is 0 Å². The summed E-state index contributed by atoms with van der Waals surface area (Å²) >= 11 is 0. The lowest BCUT2D eigenvalue weighted by Gasteiger charge is -2.21. The molecule has 2 N–H and O–H groups in total. The highest BCUT2D eigenvalue weighted by molar-refractivity contribution is 5.26. The van der Waals surface area contributed by atoms with Crippen molar-refractivity contribution in [1.82, 2.24) is 14.8 Å². The van der Waals surface area contributed by atoms with Crippen molar-refractivity contribution in [3.63, 3.8) is 0 Å². The first kappa shape index (κ1) is 14.3.